The second-order valence-corrected chi connectivity index (χ2v) is 12.3. The average Bonchev–Trinajstić information content (AvgIpc) is 3.11. The lowest BCUT2D eigenvalue weighted by atomic mass is 9.81. The molecule has 220 valence electrons. The topological polar surface area (TPSA) is 46.2 Å². The van der Waals surface area contributed by atoms with Crippen LogP contribution >= 0.6 is 0 Å². The van der Waals surface area contributed by atoms with Gasteiger partial charge in [0, 0.05) is 0 Å². The number of nitrogens with one attached hydrogen (secondary N) is 1. The lowest BCUT2D eigenvalue weighted by Gasteiger charge is -2.28. The summed E-state index contributed by atoms with van der Waals surface area (Å²) in [4.78, 5) is 0.211. The molecule has 4 heteroatoms. The maximum Gasteiger partial charge on any atom is 0.241 e. The molecule has 0 fully saturated rings. The van der Waals surface area contributed by atoms with Gasteiger partial charge in [-0.2, -0.15) is 4.72 Å². The zero-order valence-electron chi connectivity index (χ0n) is 24.7. The van der Waals surface area contributed by atoms with Crippen molar-refractivity contribution >= 4 is 32.8 Å². The fourth-order valence-electron chi connectivity index (χ4n) is 5.53. The van der Waals surface area contributed by atoms with Gasteiger partial charge in [0.1, 0.15) is 0 Å². The maximum atomic E-state index is 14.1. The molecular weight excluding hydrogens is 571 g/mol. The third-order valence-corrected chi connectivity index (χ3v) is 9.07. The summed E-state index contributed by atoms with van der Waals surface area (Å²) in [6.07, 6.45) is 2.19. The van der Waals surface area contributed by atoms with Gasteiger partial charge in [0.05, 0.1) is 10.9 Å². The molecule has 3 nitrogen and oxygen atoms in total. The van der Waals surface area contributed by atoms with Crippen LogP contribution in [0.1, 0.15) is 33.9 Å². The van der Waals surface area contributed by atoms with E-state index in [9.17, 15) is 8.42 Å². The van der Waals surface area contributed by atoms with Crippen LogP contribution in [0.2, 0.25) is 0 Å². The number of allylic oxidation sites excluding steroid dienone is 2. The van der Waals surface area contributed by atoms with Crippen LogP contribution < -0.4 is 4.72 Å². The molecule has 6 aromatic carbocycles. The predicted octanol–water partition coefficient (Wildman–Crippen LogP) is 9.56. The first-order valence-corrected chi connectivity index (χ1v) is 16.4. The Morgan fingerprint density at radius 2 is 0.911 bits per heavy atom. The van der Waals surface area contributed by atoms with Crippen molar-refractivity contribution < 1.29 is 8.42 Å². The molecule has 0 saturated heterocycles. The summed E-state index contributed by atoms with van der Waals surface area (Å²) in [6, 6.07) is 58.4. The van der Waals surface area contributed by atoms with E-state index in [4.69, 9.17) is 0 Å². The van der Waals surface area contributed by atoms with Gasteiger partial charge in [0.25, 0.3) is 0 Å². The predicted molar refractivity (Wildman–Crippen MR) is 186 cm³/mol. The Kier molecular flexibility index (Phi) is 9.26. The summed E-state index contributed by atoms with van der Waals surface area (Å²) in [5.74, 6) is 0. The molecule has 1 atom stereocenters. The van der Waals surface area contributed by atoms with Gasteiger partial charge in [-0.3, -0.25) is 0 Å². The van der Waals surface area contributed by atoms with E-state index in [0.29, 0.717) is 0 Å². The van der Waals surface area contributed by atoms with Crippen LogP contribution in [0.5, 0.6) is 0 Å². The van der Waals surface area contributed by atoms with Gasteiger partial charge in [0.15, 0.2) is 0 Å². The van der Waals surface area contributed by atoms with Crippen molar-refractivity contribution in [2.45, 2.75) is 10.9 Å². The van der Waals surface area contributed by atoms with Crippen molar-refractivity contribution in [3.05, 3.63) is 210 Å². The first-order chi connectivity index (χ1) is 22.1. The maximum absolute atomic E-state index is 14.1. The lowest BCUT2D eigenvalue weighted by molar-refractivity contribution is 0.576. The molecule has 0 aliphatic rings. The van der Waals surface area contributed by atoms with Crippen molar-refractivity contribution in [2.75, 3.05) is 0 Å². The summed E-state index contributed by atoms with van der Waals surface area (Å²) in [6.45, 7) is 0. The number of rotatable bonds is 10. The van der Waals surface area contributed by atoms with Crippen molar-refractivity contribution in [1.82, 2.24) is 4.72 Å². The van der Waals surface area contributed by atoms with Gasteiger partial charge in [0.2, 0.25) is 10.0 Å². The molecule has 0 aromatic heterocycles. The SMILES string of the molecule is O=S(=O)(NC(/C(=C(/C(=Cc1ccccc1)c1ccccc1)c1ccccc1)c1ccccc1)c1ccccc1)c1ccccc1. The molecule has 45 heavy (non-hydrogen) atoms. The van der Waals surface area contributed by atoms with Crippen LogP contribution in [-0.2, 0) is 10.0 Å². The zero-order chi connectivity index (χ0) is 30.9. The van der Waals surface area contributed by atoms with Gasteiger partial charge in [-0.05, 0) is 62.7 Å². The van der Waals surface area contributed by atoms with Crippen molar-refractivity contribution in [2.24, 2.45) is 0 Å². The lowest BCUT2D eigenvalue weighted by Crippen LogP contribution is -2.30. The van der Waals surface area contributed by atoms with E-state index in [2.05, 4.69) is 59.3 Å². The van der Waals surface area contributed by atoms with Gasteiger partial charge < -0.3 is 0 Å². The second-order valence-electron chi connectivity index (χ2n) is 10.6. The first kappa shape index (κ1) is 29.8. The van der Waals surface area contributed by atoms with Gasteiger partial charge >= 0.3 is 0 Å². The van der Waals surface area contributed by atoms with Crippen molar-refractivity contribution in [3.63, 3.8) is 0 Å². The first-order valence-electron chi connectivity index (χ1n) is 14.9. The number of benzene rings is 6. The normalized spacial score (nSPS) is 13.1. The highest BCUT2D eigenvalue weighted by Crippen LogP contribution is 2.44. The molecule has 0 aliphatic heterocycles. The summed E-state index contributed by atoms with van der Waals surface area (Å²) in [5, 5.41) is 0. The van der Waals surface area contributed by atoms with Crippen molar-refractivity contribution in [1.29, 1.82) is 0 Å². The minimum Gasteiger partial charge on any atom is -0.207 e. The Balaban J connectivity index is 1.73. The van der Waals surface area contributed by atoms with Crippen molar-refractivity contribution in [3.8, 4) is 0 Å². The Hall–Kier alpha value is -5.29. The van der Waals surface area contributed by atoms with E-state index in [1.807, 2.05) is 109 Å². The van der Waals surface area contributed by atoms with Crippen LogP contribution in [0.4, 0.5) is 0 Å². The molecule has 0 bridgehead atoms. The average molecular weight is 604 g/mol. The van der Waals surface area contributed by atoms with E-state index < -0.39 is 16.1 Å². The van der Waals surface area contributed by atoms with E-state index in [1.165, 1.54) is 0 Å². The fourth-order valence-corrected chi connectivity index (χ4v) is 6.75. The number of hydrogen-bond donors (Lipinski definition) is 1. The van der Waals surface area contributed by atoms with Crippen LogP contribution in [0.25, 0.3) is 22.8 Å². The van der Waals surface area contributed by atoms with E-state index >= 15 is 0 Å². The van der Waals surface area contributed by atoms with Gasteiger partial charge in [-0.25, -0.2) is 8.42 Å². The molecule has 6 rings (SSSR count). The Bertz CT molecular complexity index is 1990. The fraction of sp³-hybridized carbons (Fsp3) is 0.0244. The Morgan fingerprint density at radius 3 is 1.44 bits per heavy atom. The summed E-state index contributed by atoms with van der Waals surface area (Å²) in [5.41, 5.74) is 7.53. The molecule has 1 N–H and O–H groups in total. The molecular formula is C41H33NO2S. The Labute approximate surface area is 265 Å². The molecule has 0 heterocycles. The standard InChI is InChI=1S/C41H33NO2S/c43-45(44,37-29-17-6-18-30-37)42-41(36-27-15-5-16-28-36)40(35-25-13-4-14-26-35)39(34-23-11-3-12-24-34)38(33-21-9-2-10-22-33)31-32-19-7-1-8-20-32/h1-31,41-42H/b38-31?,40-39+. The highest BCUT2D eigenvalue weighted by Gasteiger charge is 2.29. The smallest absolute Gasteiger partial charge is 0.207 e. The third-order valence-electron chi connectivity index (χ3n) is 7.63. The summed E-state index contributed by atoms with van der Waals surface area (Å²) < 4.78 is 31.3. The van der Waals surface area contributed by atoms with Crippen LogP contribution in [0, 0.1) is 0 Å². The number of hydrogen-bond acceptors (Lipinski definition) is 2. The monoisotopic (exact) mass is 603 g/mol. The highest BCUT2D eigenvalue weighted by atomic mass is 32.2. The molecule has 0 spiro atoms. The molecule has 0 amide bonds. The molecule has 0 aliphatic carbocycles. The zero-order valence-corrected chi connectivity index (χ0v) is 25.5. The quantitative estimate of drug-likeness (QED) is 0.125. The van der Waals surface area contributed by atoms with E-state index in [1.54, 1.807) is 24.3 Å². The minimum atomic E-state index is -3.93. The summed E-state index contributed by atoms with van der Waals surface area (Å²) in [7, 11) is -3.93. The van der Waals surface area contributed by atoms with E-state index in [0.717, 1.165) is 44.5 Å². The second kappa shape index (κ2) is 14.0. The summed E-state index contributed by atoms with van der Waals surface area (Å²) >= 11 is 0. The van der Waals surface area contributed by atoms with E-state index in [-0.39, 0.29) is 4.90 Å². The molecule has 0 radical (unpaired) electrons. The van der Waals surface area contributed by atoms with Crippen LogP contribution in [0.15, 0.2) is 187 Å². The van der Waals surface area contributed by atoms with Gasteiger partial charge in [-0.1, -0.05) is 170 Å². The van der Waals surface area contributed by atoms with Crippen LogP contribution in [-0.4, -0.2) is 8.42 Å². The van der Waals surface area contributed by atoms with Crippen LogP contribution in [0.3, 0.4) is 0 Å². The molecule has 0 saturated carbocycles. The molecule has 1 unspecified atom stereocenters. The van der Waals surface area contributed by atoms with Gasteiger partial charge in [-0.15, -0.1) is 0 Å². The number of sulfonamides is 1. The highest BCUT2D eigenvalue weighted by molar-refractivity contribution is 7.89. The Morgan fingerprint density at radius 1 is 0.489 bits per heavy atom. The third kappa shape index (κ3) is 7.10. The largest absolute Gasteiger partial charge is 0.241 e. The minimum absolute atomic E-state index is 0.211. The molecule has 6 aromatic rings.